The Morgan fingerprint density at radius 2 is 2.43 bits per heavy atom. The summed E-state index contributed by atoms with van der Waals surface area (Å²) in [6.07, 6.45) is 5.11. The number of rotatable bonds is 4. The van der Waals surface area contributed by atoms with Crippen LogP contribution in [0.4, 0.5) is 5.69 Å². The van der Waals surface area contributed by atoms with Crippen molar-refractivity contribution in [2.75, 3.05) is 18.4 Å². The molecule has 14 heavy (non-hydrogen) atoms. The molecular weight excluding hydrogens is 204 g/mol. The van der Waals surface area contributed by atoms with E-state index >= 15 is 0 Å². The maximum atomic E-state index is 11.0. The summed E-state index contributed by atoms with van der Waals surface area (Å²) in [6.45, 7) is 1.05. The van der Waals surface area contributed by atoms with Crippen LogP contribution in [0.1, 0.15) is 0 Å². The molecule has 0 saturated heterocycles. The standard InChI is InChI=1S/C8H11ClN4O/c9-7-6(5-12-13-8(7)14)11-4-2-1-3-10/h1-2,5H,3-4,10H2,(H2,11,13,14)/b2-1+. The molecule has 0 bridgehead atoms. The first-order valence-corrected chi connectivity index (χ1v) is 4.45. The number of anilines is 1. The highest BCUT2D eigenvalue weighted by molar-refractivity contribution is 6.32. The lowest BCUT2D eigenvalue weighted by Crippen LogP contribution is -2.11. The van der Waals surface area contributed by atoms with Gasteiger partial charge in [0, 0.05) is 13.1 Å². The summed E-state index contributed by atoms with van der Waals surface area (Å²) in [4.78, 5) is 11.0. The van der Waals surface area contributed by atoms with E-state index in [0.29, 0.717) is 18.8 Å². The molecule has 0 saturated carbocycles. The summed E-state index contributed by atoms with van der Waals surface area (Å²) in [5.74, 6) is 0. The van der Waals surface area contributed by atoms with Gasteiger partial charge in [-0.1, -0.05) is 23.8 Å². The minimum Gasteiger partial charge on any atom is -0.379 e. The van der Waals surface area contributed by atoms with Crippen LogP contribution in [0, 0.1) is 0 Å². The molecule has 0 fully saturated rings. The highest BCUT2D eigenvalue weighted by atomic mass is 35.5. The van der Waals surface area contributed by atoms with Crippen molar-refractivity contribution >= 4 is 17.3 Å². The second kappa shape index (κ2) is 5.41. The Morgan fingerprint density at radius 3 is 3.14 bits per heavy atom. The van der Waals surface area contributed by atoms with E-state index in [2.05, 4.69) is 15.5 Å². The zero-order valence-corrected chi connectivity index (χ0v) is 8.21. The minimum atomic E-state index is -0.403. The van der Waals surface area contributed by atoms with Crippen LogP contribution >= 0.6 is 11.6 Å². The molecule has 0 aliphatic rings. The number of hydrogen-bond acceptors (Lipinski definition) is 4. The average molecular weight is 215 g/mol. The summed E-state index contributed by atoms with van der Waals surface area (Å²) < 4.78 is 0. The van der Waals surface area contributed by atoms with Crippen molar-refractivity contribution in [1.82, 2.24) is 10.2 Å². The van der Waals surface area contributed by atoms with Gasteiger partial charge < -0.3 is 11.1 Å². The Morgan fingerprint density at radius 1 is 1.64 bits per heavy atom. The van der Waals surface area contributed by atoms with Crippen LogP contribution in [0.25, 0.3) is 0 Å². The van der Waals surface area contributed by atoms with E-state index in [1.165, 1.54) is 6.20 Å². The normalized spacial score (nSPS) is 10.7. The summed E-state index contributed by atoms with van der Waals surface area (Å²) >= 11 is 5.71. The van der Waals surface area contributed by atoms with Gasteiger partial charge in [0.15, 0.2) is 0 Å². The van der Waals surface area contributed by atoms with E-state index < -0.39 is 5.56 Å². The molecular formula is C8H11ClN4O. The fourth-order valence-electron chi connectivity index (χ4n) is 0.855. The summed E-state index contributed by atoms with van der Waals surface area (Å²) in [5.41, 5.74) is 5.36. The zero-order valence-electron chi connectivity index (χ0n) is 7.46. The molecule has 0 spiro atoms. The fraction of sp³-hybridized carbons (Fsp3) is 0.250. The van der Waals surface area contributed by atoms with Gasteiger partial charge in [-0.15, -0.1) is 0 Å². The molecule has 0 unspecified atom stereocenters. The summed E-state index contributed by atoms with van der Waals surface area (Å²) in [5, 5.41) is 8.88. The van der Waals surface area contributed by atoms with Crippen molar-refractivity contribution < 1.29 is 0 Å². The number of halogens is 1. The van der Waals surface area contributed by atoms with Crippen LogP contribution in [0.2, 0.25) is 5.02 Å². The lowest BCUT2D eigenvalue weighted by atomic mass is 10.4. The van der Waals surface area contributed by atoms with Gasteiger partial charge in [0.1, 0.15) is 5.02 Å². The molecule has 0 aliphatic carbocycles. The quantitative estimate of drug-likeness (QED) is 0.632. The molecule has 5 nitrogen and oxygen atoms in total. The molecule has 6 heteroatoms. The number of nitrogens with two attached hydrogens (primary N) is 1. The van der Waals surface area contributed by atoms with Gasteiger partial charge in [-0.25, -0.2) is 5.10 Å². The molecule has 0 atom stereocenters. The second-order valence-corrected chi connectivity index (χ2v) is 2.89. The molecule has 4 N–H and O–H groups in total. The summed E-state index contributed by atoms with van der Waals surface area (Å²) in [6, 6.07) is 0. The first kappa shape index (κ1) is 10.7. The largest absolute Gasteiger partial charge is 0.379 e. The van der Waals surface area contributed by atoms with E-state index in [-0.39, 0.29) is 5.02 Å². The third kappa shape index (κ3) is 2.86. The fourth-order valence-corrected chi connectivity index (χ4v) is 1.01. The molecule has 76 valence electrons. The molecule has 0 aliphatic heterocycles. The van der Waals surface area contributed by atoms with Crippen molar-refractivity contribution in [2.45, 2.75) is 0 Å². The van der Waals surface area contributed by atoms with Gasteiger partial charge in [-0.3, -0.25) is 4.79 Å². The van der Waals surface area contributed by atoms with Crippen molar-refractivity contribution in [3.8, 4) is 0 Å². The Kier molecular flexibility index (Phi) is 4.15. The third-order valence-corrected chi connectivity index (χ3v) is 1.88. The van der Waals surface area contributed by atoms with Gasteiger partial charge >= 0.3 is 0 Å². The first-order chi connectivity index (χ1) is 6.75. The monoisotopic (exact) mass is 214 g/mol. The van der Waals surface area contributed by atoms with Crippen molar-refractivity contribution in [1.29, 1.82) is 0 Å². The van der Waals surface area contributed by atoms with Gasteiger partial charge in [0.25, 0.3) is 5.56 Å². The molecule has 1 aromatic rings. The van der Waals surface area contributed by atoms with Gasteiger partial charge in [-0.2, -0.15) is 5.10 Å². The first-order valence-electron chi connectivity index (χ1n) is 4.08. The highest BCUT2D eigenvalue weighted by Crippen LogP contribution is 2.13. The smallest absolute Gasteiger partial charge is 0.285 e. The maximum absolute atomic E-state index is 11.0. The molecule has 0 radical (unpaired) electrons. The molecule has 1 heterocycles. The van der Waals surface area contributed by atoms with Gasteiger partial charge in [0.2, 0.25) is 0 Å². The minimum absolute atomic E-state index is 0.112. The van der Waals surface area contributed by atoms with Crippen molar-refractivity contribution in [3.05, 3.63) is 33.7 Å². The highest BCUT2D eigenvalue weighted by Gasteiger charge is 2.02. The Hall–Kier alpha value is -1.33. The van der Waals surface area contributed by atoms with E-state index in [4.69, 9.17) is 17.3 Å². The SMILES string of the molecule is NC/C=C/CNc1cn[nH]c(=O)c1Cl. The van der Waals surface area contributed by atoms with Crippen LogP contribution in [0.5, 0.6) is 0 Å². The van der Waals surface area contributed by atoms with E-state index in [0.717, 1.165) is 0 Å². The predicted octanol–water partition coefficient (Wildman–Crippen LogP) is 0.350. The third-order valence-electron chi connectivity index (χ3n) is 1.51. The number of aromatic nitrogens is 2. The predicted molar refractivity (Wildman–Crippen MR) is 56.6 cm³/mol. The van der Waals surface area contributed by atoms with E-state index in [9.17, 15) is 4.79 Å². The Labute approximate surface area is 86.0 Å². The molecule has 1 aromatic heterocycles. The number of hydrogen-bond donors (Lipinski definition) is 3. The Bertz CT molecular complexity index is 374. The van der Waals surface area contributed by atoms with Gasteiger partial charge in [-0.05, 0) is 0 Å². The van der Waals surface area contributed by atoms with Crippen LogP contribution in [0.3, 0.4) is 0 Å². The maximum Gasteiger partial charge on any atom is 0.285 e. The van der Waals surface area contributed by atoms with Crippen LogP contribution in [0.15, 0.2) is 23.1 Å². The number of H-pyrrole nitrogens is 1. The summed E-state index contributed by atoms with van der Waals surface area (Å²) in [7, 11) is 0. The zero-order chi connectivity index (χ0) is 10.4. The average Bonchev–Trinajstić information content (AvgIpc) is 2.19. The van der Waals surface area contributed by atoms with E-state index in [1.54, 1.807) is 0 Å². The number of nitrogens with one attached hydrogen (secondary N) is 2. The molecule has 1 rings (SSSR count). The second-order valence-electron chi connectivity index (χ2n) is 2.51. The topological polar surface area (TPSA) is 83.8 Å². The Balaban J connectivity index is 2.63. The van der Waals surface area contributed by atoms with Crippen LogP contribution in [-0.4, -0.2) is 23.3 Å². The van der Waals surface area contributed by atoms with Crippen molar-refractivity contribution in [2.24, 2.45) is 5.73 Å². The van der Waals surface area contributed by atoms with Crippen molar-refractivity contribution in [3.63, 3.8) is 0 Å². The van der Waals surface area contributed by atoms with Crippen LogP contribution < -0.4 is 16.6 Å². The number of nitrogens with zero attached hydrogens (tertiary/aromatic N) is 1. The lowest BCUT2D eigenvalue weighted by Gasteiger charge is -2.02. The van der Waals surface area contributed by atoms with Gasteiger partial charge in [0.05, 0.1) is 11.9 Å². The van der Waals surface area contributed by atoms with E-state index in [1.807, 2.05) is 12.2 Å². The lowest BCUT2D eigenvalue weighted by molar-refractivity contribution is 0.987. The molecule has 0 aromatic carbocycles. The van der Waals surface area contributed by atoms with Crippen LogP contribution in [-0.2, 0) is 0 Å². The molecule has 0 amide bonds. The number of aromatic amines is 1.